The summed E-state index contributed by atoms with van der Waals surface area (Å²) in [4.78, 5) is 21.1. The summed E-state index contributed by atoms with van der Waals surface area (Å²) in [5.74, 6) is -6.27. The van der Waals surface area contributed by atoms with Gasteiger partial charge in [-0.1, -0.05) is 6.07 Å². The molecule has 3 atom stereocenters. The van der Waals surface area contributed by atoms with Gasteiger partial charge in [-0.25, -0.2) is 27.5 Å². The number of aliphatic hydroxyl groups excluding tert-OH is 2. The SMILES string of the molecule is Nc1ncc(C2CCC(O)C(F)(F)C2)nc1-c1ccc(C(=O)N[C@H](CO)c2cc(F)cc(I)c2)c(F)c1. The highest BCUT2D eigenvalue weighted by molar-refractivity contribution is 14.1. The molecule has 0 aliphatic heterocycles. The third-order valence-corrected chi connectivity index (χ3v) is 6.92. The molecule has 1 heterocycles. The maximum absolute atomic E-state index is 15.0. The number of carbonyl (C=O) groups excluding carboxylic acids is 1. The van der Waals surface area contributed by atoms with E-state index in [0.717, 1.165) is 6.07 Å². The molecule has 2 unspecified atom stereocenters. The molecule has 5 N–H and O–H groups in total. The first-order valence-corrected chi connectivity index (χ1v) is 12.4. The van der Waals surface area contributed by atoms with Crippen LogP contribution >= 0.6 is 22.6 Å². The summed E-state index contributed by atoms with van der Waals surface area (Å²) in [6.45, 7) is -0.541. The van der Waals surface area contributed by atoms with Crippen molar-refractivity contribution in [3.05, 3.63) is 74.6 Å². The van der Waals surface area contributed by atoms with Crippen LogP contribution in [0.4, 0.5) is 23.4 Å². The standard InChI is InChI=1S/C25H23F4IN4O3/c26-15-5-14(6-16(30)8-15)20(11-35)34-24(37)17-3-1-12(7-18(17)27)22-23(31)32-10-19(33-22)13-2-4-21(36)25(28,29)9-13/h1,3,5-8,10,13,20-21,35-36H,2,4,9,11H2,(H2,31,32)(H,34,37)/t13?,20-,21?/m1/s1. The van der Waals surface area contributed by atoms with Crippen LogP contribution in [0.3, 0.4) is 0 Å². The predicted molar refractivity (Wildman–Crippen MR) is 136 cm³/mol. The third-order valence-electron chi connectivity index (χ3n) is 6.29. The Morgan fingerprint density at radius 2 is 1.97 bits per heavy atom. The second kappa shape index (κ2) is 10.9. The second-order valence-corrected chi connectivity index (χ2v) is 10.1. The fraction of sp³-hybridized carbons (Fsp3) is 0.320. The van der Waals surface area contributed by atoms with Crippen molar-refractivity contribution in [2.75, 3.05) is 12.3 Å². The second-order valence-electron chi connectivity index (χ2n) is 8.89. The van der Waals surface area contributed by atoms with Gasteiger partial charge in [-0.3, -0.25) is 4.79 Å². The Kier molecular flexibility index (Phi) is 7.99. The van der Waals surface area contributed by atoms with Crippen molar-refractivity contribution in [3.63, 3.8) is 0 Å². The van der Waals surface area contributed by atoms with Gasteiger partial charge in [0.1, 0.15) is 29.3 Å². The number of hydrogen-bond donors (Lipinski definition) is 4. The number of alkyl halides is 2. The van der Waals surface area contributed by atoms with E-state index in [1.807, 2.05) is 22.6 Å². The van der Waals surface area contributed by atoms with Crippen molar-refractivity contribution >= 4 is 34.3 Å². The van der Waals surface area contributed by atoms with Crippen LogP contribution in [-0.2, 0) is 0 Å². The molecule has 0 bridgehead atoms. The molecule has 0 spiro atoms. The number of carbonyl (C=O) groups is 1. The van der Waals surface area contributed by atoms with Gasteiger partial charge in [-0.15, -0.1) is 0 Å². The zero-order valence-electron chi connectivity index (χ0n) is 19.3. The Morgan fingerprint density at radius 3 is 2.62 bits per heavy atom. The van der Waals surface area contributed by atoms with Gasteiger partial charge in [0, 0.05) is 21.5 Å². The summed E-state index contributed by atoms with van der Waals surface area (Å²) >= 11 is 1.90. The normalized spacial score (nSPS) is 19.9. The largest absolute Gasteiger partial charge is 0.394 e. The Balaban J connectivity index is 1.57. The first-order valence-electron chi connectivity index (χ1n) is 11.3. The number of halogens is 5. The molecule has 0 saturated heterocycles. The molecule has 1 fully saturated rings. The number of nitrogens with two attached hydrogens (primary N) is 1. The summed E-state index contributed by atoms with van der Waals surface area (Å²) < 4.78 is 57.4. The Morgan fingerprint density at radius 1 is 1.22 bits per heavy atom. The van der Waals surface area contributed by atoms with Gasteiger partial charge in [0.25, 0.3) is 11.8 Å². The van der Waals surface area contributed by atoms with Crippen molar-refractivity contribution in [1.82, 2.24) is 15.3 Å². The van der Waals surface area contributed by atoms with Crippen LogP contribution in [0, 0.1) is 15.2 Å². The maximum Gasteiger partial charge on any atom is 0.274 e. The van der Waals surface area contributed by atoms with Gasteiger partial charge in [-0.05, 0) is 71.3 Å². The number of benzene rings is 2. The monoisotopic (exact) mass is 630 g/mol. The number of anilines is 1. The molecule has 3 aromatic rings. The van der Waals surface area contributed by atoms with Crippen LogP contribution in [-0.4, -0.2) is 44.7 Å². The van der Waals surface area contributed by atoms with Crippen molar-refractivity contribution in [2.24, 2.45) is 0 Å². The van der Waals surface area contributed by atoms with E-state index in [1.54, 1.807) is 6.07 Å². The van der Waals surface area contributed by atoms with Gasteiger partial charge < -0.3 is 21.3 Å². The van der Waals surface area contributed by atoms with Gasteiger partial charge in [0.2, 0.25) is 0 Å². The summed E-state index contributed by atoms with van der Waals surface area (Å²) in [7, 11) is 0. The van der Waals surface area contributed by atoms with Gasteiger partial charge in [0.05, 0.1) is 30.1 Å². The highest BCUT2D eigenvalue weighted by atomic mass is 127. The van der Waals surface area contributed by atoms with Crippen molar-refractivity contribution in [2.45, 2.75) is 43.2 Å². The van der Waals surface area contributed by atoms with Gasteiger partial charge in [-0.2, -0.15) is 0 Å². The van der Waals surface area contributed by atoms with E-state index in [-0.39, 0.29) is 41.2 Å². The van der Waals surface area contributed by atoms with E-state index in [2.05, 4.69) is 15.3 Å². The first kappa shape index (κ1) is 27.2. The number of aromatic nitrogens is 2. The number of nitrogen functional groups attached to an aromatic ring is 1. The average Bonchev–Trinajstić information content (AvgIpc) is 2.83. The minimum atomic E-state index is -3.26. The van der Waals surface area contributed by atoms with Crippen LogP contribution in [0.1, 0.15) is 52.8 Å². The van der Waals surface area contributed by atoms with Crippen LogP contribution in [0.15, 0.2) is 42.6 Å². The van der Waals surface area contributed by atoms with Crippen LogP contribution in [0.5, 0.6) is 0 Å². The van der Waals surface area contributed by atoms with Crippen LogP contribution in [0.25, 0.3) is 11.3 Å². The van der Waals surface area contributed by atoms with Crippen molar-refractivity contribution in [1.29, 1.82) is 0 Å². The number of nitrogens with one attached hydrogen (secondary N) is 1. The van der Waals surface area contributed by atoms with E-state index >= 15 is 4.39 Å². The highest BCUT2D eigenvalue weighted by Crippen LogP contribution is 2.42. The topological polar surface area (TPSA) is 121 Å². The van der Waals surface area contributed by atoms with Crippen LogP contribution in [0.2, 0.25) is 0 Å². The summed E-state index contributed by atoms with van der Waals surface area (Å²) in [6.07, 6.45) is -0.846. The fourth-order valence-corrected chi connectivity index (χ4v) is 4.96. The van der Waals surface area contributed by atoms with Crippen LogP contribution < -0.4 is 11.1 Å². The molecule has 37 heavy (non-hydrogen) atoms. The minimum absolute atomic E-state index is 0.0518. The molecule has 0 radical (unpaired) electrons. The maximum atomic E-state index is 15.0. The molecule has 12 heteroatoms. The van der Waals surface area contributed by atoms with Crippen molar-refractivity contribution < 1.29 is 32.6 Å². The average molecular weight is 630 g/mol. The van der Waals surface area contributed by atoms with Gasteiger partial charge >= 0.3 is 0 Å². The number of nitrogens with zero attached hydrogens (tertiary/aromatic N) is 2. The number of aliphatic hydroxyl groups is 2. The summed E-state index contributed by atoms with van der Waals surface area (Å²) in [6, 6.07) is 6.68. The lowest BCUT2D eigenvalue weighted by atomic mass is 9.83. The number of rotatable bonds is 6. The zero-order valence-corrected chi connectivity index (χ0v) is 21.4. The third kappa shape index (κ3) is 6.02. The lowest BCUT2D eigenvalue weighted by Crippen LogP contribution is -2.39. The number of amides is 1. The Bertz CT molecular complexity index is 1310. The first-order chi connectivity index (χ1) is 17.5. The lowest BCUT2D eigenvalue weighted by Gasteiger charge is -2.32. The van der Waals surface area contributed by atoms with E-state index < -0.39 is 54.6 Å². The summed E-state index contributed by atoms with van der Waals surface area (Å²) in [5.41, 5.74) is 6.40. The molecular weight excluding hydrogens is 607 g/mol. The molecule has 4 rings (SSSR count). The van der Waals surface area contributed by atoms with E-state index in [9.17, 15) is 28.2 Å². The molecule has 1 aromatic heterocycles. The Hall–Kier alpha value is -2.84. The molecule has 196 valence electrons. The van der Waals surface area contributed by atoms with E-state index in [4.69, 9.17) is 5.73 Å². The molecular formula is C25H23F4IN4O3. The fourth-order valence-electron chi connectivity index (χ4n) is 4.30. The quantitative estimate of drug-likeness (QED) is 0.238. The number of hydrogen-bond acceptors (Lipinski definition) is 6. The molecule has 1 aliphatic carbocycles. The van der Waals surface area contributed by atoms with E-state index in [0.29, 0.717) is 9.13 Å². The molecule has 1 saturated carbocycles. The zero-order chi connectivity index (χ0) is 26.9. The molecule has 2 aromatic carbocycles. The minimum Gasteiger partial charge on any atom is -0.394 e. The smallest absolute Gasteiger partial charge is 0.274 e. The highest BCUT2D eigenvalue weighted by Gasteiger charge is 2.45. The molecule has 1 aliphatic rings. The Labute approximate surface area is 223 Å². The van der Waals surface area contributed by atoms with E-state index in [1.165, 1.54) is 30.5 Å². The van der Waals surface area contributed by atoms with Crippen molar-refractivity contribution in [3.8, 4) is 11.3 Å². The van der Waals surface area contributed by atoms with Gasteiger partial charge in [0.15, 0.2) is 0 Å². The molecule has 7 nitrogen and oxygen atoms in total. The lowest BCUT2D eigenvalue weighted by molar-refractivity contribution is -0.136. The molecule has 1 amide bonds. The summed E-state index contributed by atoms with van der Waals surface area (Å²) in [5, 5.41) is 21.7. The predicted octanol–water partition coefficient (Wildman–Crippen LogP) is 4.34.